The minimum atomic E-state index is -0.00162. The molecule has 1 rings (SSSR count). The molecule has 0 spiro atoms. The quantitative estimate of drug-likeness (QED) is 0.804. The van der Waals surface area contributed by atoms with Gasteiger partial charge >= 0.3 is 0 Å². The topological polar surface area (TPSA) is 66.6 Å². The molecule has 19 heavy (non-hydrogen) atoms. The lowest BCUT2D eigenvalue weighted by molar-refractivity contribution is -0.142. The average molecular weight is 269 g/mol. The van der Waals surface area contributed by atoms with Gasteiger partial charge in [0.2, 0.25) is 11.8 Å². The van der Waals surface area contributed by atoms with Gasteiger partial charge < -0.3 is 15.5 Å². The molecule has 1 aliphatic rings. The van der Waals surface area contributed by atoms with E-state index in [4.69, 9.17) is 5.73 Å². The van der Waals surface area contributed by atoms with E-state index in [0.29, 0.717) is 13.1 Å². The molecule has 0 aromatic carbocycles. The number of rotatable bonds is 5. The Kier molecular flexibility index (Phi) is 6.28. The molecule has 1 saturated carbocycles. The number of carbonyl (C=O) groups excluding carboxylic acids is 2. The van der Waals surface area contributed by atoms with Gasteiger partial charge in [0.15, 0.2) is 0 Å². The van der Waals surface area contributed by atoms with Crippen molar-refractivity contribution < 1.29 is 9.59 Å². The minimum absolute atomic E-state index is 0.00162. The highest BCUT2D eigenvalue weighted by molar-refractivity contribution is 5.85. The molecule has 5 nitrogen and oxygen atoms in total. The molecule has 0 saturated heterocycles. The predicted molar refractivity (Wildman–Crippen MR) is 75.5 cm³/mol. The Morgan fingerprint density at radius 1 is 1.21 bits per heavy atom. The third kappa shape index (κ3) is 4.49. The lowest BCUT2D eigenvalue weighted by atomic mass is 9.85. The third-order valence-corrected chi connectivity index (χ3v) is 3.93. The summed E-state index contributed by atoms with van der Waals surface area (Å²) in [5, 5.41) is 0. The van der Waals surface area contributed by atoms with E-state index >= 15 is 0 Å². The first-order valence-corrected chi connectivity index (χ1v) is 7.27. The number of amides is 2. The number of carbonyl (C=O) groups is 2. The van der Waals surface area contributed by atoms with Gasteiger partial charge in [-0.1, -0.05) is 6.42 Å². The van der Waals surface area contributed by atoms with Gasteiger partial charge in [0, 0.05) is 32.1 Å². The summed E-state index contributed by atoms with van der Waals surface area (Å²) in [6.45, 7) is 5.44. The molecule has 2 unspecified atom stereocenters. The van der Waals surface area contributed by atoms with Gasteiger partial charge in [-0.2, -0.15) is 0 Å². The Hall–Kier alpha value is -1.10. The van der Waals surface area contributed by atoms with E-state index in [1.807, 2.05) is 13.8 Å². The molecule has 2 amide bonds. The van der Waals surface area contributed by atoms with E-state index in [2.05, 4.69) is 0 Å². The number of hydrogen-bond donors (Lipinski definition) is 1. The molecular formula is C14H27N3O2. The summed E-state index contributed by atoms with van der Waals surface area (Å²) >= 11 is 0. The lowest BCUT2D eigenvalue weighted by Gasteiger charge is -2.30. The summed E-state index contributed by atoms with van der Waals surface area (Å²) in [5.74, 6) is 0.0786. The van der Waals surface area contributed by atoms with Gasteiger partial charge in [-0.15, -0.1) is 0 Å². The first kappa shape index (κ1) is 16.0. The zero-order chi connectivity index (χ0) is 14.4. The number of likely N-dealkylation sites (N-methyl/N-ethyl adjacent to an activating group) is 2. The summed E-state index contributed by atoms with van der Waals surface area (Å²) in [7, 11) is 1.71. The molecule has 0 radical (unpaired) electrons. The summed E-state index contributed by atoms with van der Waals surface area (Å²) in [6, 6.07) is 0.134. The van der Waals surface area contributed by atoms with Crippen molar-refractivity contribution in [3.8, 4) is 0 Å². The zero-order valence-electron chi connectivity index (χ0n) is 12.4. The fourth-order valence-corrected chi connectivity index (χ4v) is 2.72. The van der Waals surface area contributed by atoms with E-state index in [9.17, 15) is 9.59 Å². The zero-order valence-corrected chi connectivity index (χ0v) is 12.4. The number of hydrogen-bond acceptors (Lipinski definition) is 3. The van der Waals surface area contributed by atoms with Gasteiger partial charge in [-0.3, -0.25) is 9.59 Å². The molecule has 5 heteroatoms. The molecule has 0 heterocycles. The van der Waals surface area contributed by atoms with Crippen LogP contribution in [0, 0.1) is 5.92 Å². The monoisotopic (exact) mass is 269 g/mol. The van der Waals surface area contributed by atoms with Crippen molar-refractivity contribution in [2.24, 2.45) is 11.7 Å². The van der Waals surface area contributed by atoms with Crippen molar-refractivity contribution in [1.82, 2.24) is 9.80 Å². The van der Waals surface area contributed by atoms with Crippen LogP contribution < -0.4 is 5.73 Å². The second-order valence-electron chi connectivity index (χ2n) is 5.38. The first-order chi connectivity index (χ1) is 8.99. The molecule has 0 aromatic rings. The van der Waals surface area contributed by atoms with Crippen LogP contribution in [0.1, 0.15) is 39.5 Å². The highest BCUT2D eigenvalue weighted by Gasteiger charge is 2.28. The van der Waals surface area contributed by atoms with Crippen LogP contribution in [-0.2, 0) is 9.59 Å². The molecule has 2 atom stereocenters. The first-order valence-electron chi connectivity index (χ1n) is 7.27. The van der Waals surface area contributed by atoms with E-state index in [-0.39, 0.29) is 30.3 Å². The van der Waals surface area contributed by atoms with Crippen molar-refractivity contribution in [3.63, 3.8) is 0 Å². The predicted octanol–water partition coefficient (Wildman–Crippen LogP) is 0.831. The Bertz CT molecular complexity index is 316. The maximum atomic E-state index is 12.3. The lowest BCUT2D eigenvalue weighted by Crippen LogP contribution is -2.44. The van der Waals surface area contributed by atoms with E-state index in [1.54, 1.807) is 16.8 Å². The van der Waals surface area contributed by atoms with Crippen LogP contribution >= 0.6 is 0 Å². The maximum Gasteiger partial charge on any atom is 0.242 e. The highest BCUT2D eigenvalue weighted by atomic mass is 16.2. The summed E-state index contributed by atoms with van der Waals surface area (Å²) in [6.07, 6.45) is 3.67. The van der Waals surface area contributed by atoms with E-state index in [0.717, 1.165) is 25.7 Å². The van der Waals surface area contributed by atoms with Crippen molar-refractivity contribution in [2.45, 2.75) is 45.6 Å². The van der Waals surface area contributed by atoms with Crippen LogP contribution in [0.4, 0.5) is 0 Å². The van der Waals surface area contributed by atoms with E-state index < -0.39 is 0 Å². The normalized spacial score (nSPS) is 22.9. The van der Waals surface area contributed by atoms with Gasteiger partial charge in [0.1, 0.15) is 0 Å². The minimum Gasteiger partial charge on any atom is -0.342 e. The largest absolute Gasteiger partial charge is 0.342 e. The van der Waals surface area contributed by atoms with Crippen molar-refractivity contribution in [2.75, 3.05) is 26.7 Å². The van der Waals surface area contributed by atoms with Gasteiger partial charge in [-0.05, 0) is 33.1 Å². The van der Waals surface area contributed by atoms with Crippen LogP contribution in [0.2, 0.25) is 0 Å². The third-order valence-electron chi connectivity index (χ3n) is 3.93. The summed E-state index contributed by atoms with van der Waals surface area (Å²) in [4.78, 5) is 27.6. The molecule has 1 aliphatic carbocycles. The fraction of sp³-hybridized carbons (Fsp3) is 0.857. The highest BCUT2D eigenvalue weighted by Crippen LogP contribution is 2.24. The van der Waals surface area contributed by atoms with Crippen LogP contribution in [0.15, 0.2) is 0 Å². The maximum absolute atomic E-state index is 12.3. The second kappa shape index (κ2) is 7.48. The van der Waals surface area contributed by atoms with Crippen molar-refractivity contribution in [1.29, 1.82) is 0 Å². The smallest absolute Gasteiger partial charge is 0.242 e. The van der Waals surface area contributed by atoms with Crippen LogP contribution in [0.3, 0.4) is 0 Å². The second-order valence-corrected chi connectivity index (χ2v) is 5.38. The average Bonchev–Trinajstić information content (AvgIpc) is 2.39. The number of nitrogens with zero attached hydrogens (tertiary/aromatic N) is 2. The van der Waals surface area contributed by atoms with Gasteiger partial charge in [0.25, 0.3) is 0 Å². The molecule has 2 N–H and O–H groups in total. The fourth-order valence-electron chi connectivity index (χ4n) is 2.72. The SMILES string of the molecule is CCN(CC)C(=O)CN(C)C(=O)C1CCCC(N)C1. The van der Waals surface area contributed by atoms with Gasteiger partial charge in [0.05, 0.1) is 6.54 Å². The molecule has 1 fully saturated rings. The molecule has 110 valence electrons. The summed E-state index contributed by atoms with van der Waals surface area (Å²) in [5.41, 5.74) is 5.91. The van der Waals surface area contributed by atoms with Crippen molar-refractivity contribution in [3.05, 3.63) is 0 Å². The Morgan fingerprint density at radius 2 is 1.84 bits per heavy atom. The van der Waals surface area contributed by atoms with Crippen LogP contribution in [0.5, 0.6) is 0 Å². The standard InChI is InChI=1S/C14H27N3O2/c1-4-17(5-2)13(18)10-16(3)14(19)11-7-6-8-12(15)9-11/h11-12H,4-10,15H2,1-3H3. The van der Waals surface area contributed by atoms with E-state index in [1.165, 1.54) is 0 Å². The van der Waals surface area contributed by atoms with Crippen LogP contribution in [0.25, 0.3) is 0 Å². The Morgan fingerprint density at radius 3 is 2.37 bits per heavy atom. The molecule has 0 bridgehead atoms. The molecule has 0 aliphatic heterocycles. The van der Waals surface area contributed by atoms with Crippen LogP contribution in [-0.4, -0.2) is 54.3 Å². The molecular weight excluding hydrogens is 242 g/mol. The molecule has 0 aromatic heterocycles. The number of nitrogens with two attached hydrogens (primary N) is 1. The summed E-state index contributed by atoms with van der Waals surface area (Å²) < 4.78 is 0. The Labute approximate surface area is 116 Å². The Balaban J connectivity index is 2.50. The van der Waals surface area contributed by atoms with Crippen molar-refractivity contribution >= 4 is 11.8 Å². The van der Waals surface area contributed by atoms with Gasteiger partial charge in [-0.25, -0.2) is 0 Å².